The molecule has 3 aromatic rings. The lowest BCUT2D eigenvalue weighted by atomic mass is 10.2. The molecule has 3 rings (SSSR count). The van der Waals surface area contributed by atoms with Crippen LogP contribution in [-0.4, -0.2) is 32.2 Å². The number of hydrogen-bond acceptors (Lipinski definition) is 3. The van der Waals surface area contributed by atoms with Crippen LogP contribution < -0.4 is 0 Å². The Balaban J connectivity index is 0.000000182. The Morgan fingerprint density at radius 1 is 1.25 bits per heavy atom. The molecule has 0 aliphatic heterocycles. The highest BCUT2D eigenvalue weighted by Gasteiger charge is 2.38. The molecule has 0 amide bonds. The van der Waals surface area contributed by atoms with Crippen LogP contribution in [0.5, 0.6) is 0 Å². The van der Waals surface area contributed by atoms with Crippen molar-refractivity contribution < 1.29 is 23.1 Å². The standard InChI is InChI=1S/C10H7N3.C2HF3O2/c1-2-9-8(3-4-12-9)10-7(1)5-11-6-13-10;3-2(4,5)1(6)7/h1-6,12H;(H,6,7). The van der Waals surface area contributed by atoms with Crippen molar-refractivity contribution in [2.75, 3.05) is 0 Å². The minimum atomic E-state index is -5.08. The molecule has 8 heteroatoms. The van der Waals surface area contributed by atoms with E-state index < -0.39 is 12.1 Å². The summed E-state index contributed by atoms with van der Waals surface area (Å²) in [6.07, 6.45) is 0.246. The molecule has 0 unspecified atom stereocenters. The predicted molar refractivity (Wildman–Crippen MR) is 65.1 cm³/mol. The van der Waals surface area contributed by atoms with Gasteiger partial charge >= 0.3 is 12.1 Å². The fraction of sp³-hybridized carbons (Fsp3) is 0.0833. The van der Waals surface area contributed by atoms with Crippen LogP contribution in [0.2, 0.25) is 0 Å². The molecule has 0 saturated heterocycles. The Labute approximate surface area is 110 Å². The number of aromatic amines is 1. The number of rotatable bonds is 0. The zero-order valence-corrected chi connectivity index (χ0v) is 9.85. The van der Waals surface area contributed by atoms with Crippen molar-refractivity contribution in [3.63, 3.8) is 0 Å². The van der Waals surface area contributed by atoms with Gasteiger partial charge in [0.2, 0.25) is 0 Å². The molecule has 2 heterocycles. The maximum Gasteiger partial charge on any atom is 0.490 e. The monoisotopic (exact) mass is 283 g/mol. The number of nitrogens with one attached hydrogen (secondary N) is 1. The van der Waals surface area contributed by atoms with E-state index >= 15 is 0 Å². The van der Waals surface area contributed by atoms with Crippen LogP contribution in [0.15, 0.2) is 36.9 Å². The van der Waals surface area contributed by atoms with Crippen molar-refractivity contribution in [3.8, 4) is 0 Å². The van der Waals surface area contributed by atoms with E-state index in [9.17, 15) is 13.2 Å². The highest BCUT2D eigenvalue weighted by Crippen LogP contribution is 2.21. The van der Waals surface area contributed by atoms with Crippen molar-refractivity contribution >= 4 is 27.8 Å². The highest BCUT2D eigenvalue weighted by atomic mass is 19.4. The molecule has 0 fully saturated rings. The van der Waals surface area contributed by atoms with Crippen molar-refractivity contribution in [2.45, 2.75) is 6.18 Å². The summed E-state index contributed by atoms with van der Waals surface area (Å²) in [4.78, 5) is 20.3. The topological polar surface area (TPSA) is 78.9 Å². The maximum atomic E-state index is 10.6. The number of aromatic nitrogens is 3. The molecule has 0 radical (unpaired) electrons. The van der Waals surface area contributed by atoms with Crippen LogP contribution in [0.1, 0.15) is 0 Å². The van der Waals surface area contributed by atoms with Crippen molar-refractivity contribution in [1.82, 2.24) is 15.0 Å². The normalized spacial score (nSPS) is 11.2. The Morgan fingerprint density at radius 2 is 1.95 bits per heavy atom. The molecule has 1 aromatic carbocycles. The van der Waals surface area contributed by atoms with Gasteiger partial charge in [-0.2, -0.15) is 13.2 Å². The first-order chi connectivity index (χ1) is 9.39. The number of benzene rings is 1. The van der Waals surface area contributed by atoms with E-state index in [4.69, 9.17) is 9.90 Å². The van der Waals surface area contributed by atoms with Gasteiger partial charge in [0.05, 0.1) is 5.52 Å². The molecule has 0 aliphatic rings. The van der Waals surface area contributed by atoms with Gasteiger partial charge in [-0.05, 0) is 18.2 Å². The molecule has 20 heavy (non-hydrogen) atoms. The summed E-state index contributed by atoms with van der Waals surface area (Å²) in [6, 6.07) is 6.10. The van der Waals surface area contributed by atoms with E-state index in [0.29, 0.717) is 0 Å². The average molecular weight is 283 g/mol. The van der Waals surface area contributed by atoms with Crippen LogP contribution in [0.4, 0.5) is 13.2 Å². The van der Waals surface area contributed by atoms with Crippen LogP contribution in [0.3, 0.4) is 0 Å². The van der Waals surface area contributed by atoms with Crippen LogP contribution in [0, 0.1) is 0 Å². The van der Waals surface area contributed by atoms with Gasteiger partial charge in [0.25, 0.3) is 0 Å². The third-order valence-electron chi connectivity index (χ3n) is 2.45. The first kappa shape index (κ1) is 13.8. The molecule has 2 N–H and O–H groups in total. The predicted octanol–water partition coefficient (Wildman–Crippen LogP) is 2.74. The molecule has 0 aliphatic carbocycles. The number of carboxylic acids is 1. The first-order valence-corrected chi connectivity index (χ1v) is 5.35. The van der Waals surface area contributed by atoms with Crippen LogP contribution >= 0.6 is 0 Å². The quantitative estimate of drug-likeness (QED) is 0.665. The molecular weight excluding hydrogens is 275 g/mol. The molecule has 0 saturated carbocycles. The number of carboxylic acid groups (broad SMARTS) is 1. The van der Waals surface area contributed by atoms with Gasteiger partial charge in [0.1, 0.15) is 6.33 Å². The first-order valence-electron chi connectivity index (χ1n) is 5.35. The Morgan fingerprint density at radius 3 is 2.60 bits per heavy atom. The second-order valence-electron chi connectivity index (χ2n) is 3.77. The number of aliphatic carboxylic acids is 1. The lowest BCUT2D eigenvalue weighted by molar-refractivity contribution is -0.192. The molecule has 0 bridgehead atoms. The second kappa shape index (κ2) is 5.16. The van der Waals surface area contributed by atoms with E-state index in [1.54, 1.807) is 6.33 Å². The number of alkyl halides is 3. The second-order valence-corrected chi connectivity index (χ2v) is 3.77. The largest absolute Gasteiger partial charge is 0.490 e. The molecule has 0 atom stereocenters. The van der Waals surface area contributed by atoms with E-state index in [1.807, 2.05) is 30.6 Å². The third-order valence-corrected chi connectivity index (χ3v) is 2.45. The maximum absolute atomic E-state index is 10.6. The summed E-state index contributed by atoms with van der Waals surface area (Å²) in [6.45, 7) is 0. The minimum Gasteiger partial charge on any atom is -0.475 e. The Kier molecular flexibility index (Phi) is 3.55. The molecule has 104 valence electrons. The number of halogens is 3. The summed E-state index contributed by atoms with van der Waals surface area (Å²) in [5, 5.41) is 9.36. The van der Waals surface area contributed by atoms with Gasteiger partial charge in [-0.1, -0.05) is 0 Å². The minimum absolute atomic E-state index is 1.01. The molecule has 2 aromatic heterocycles. The van der Waals surface area contributed by atoms with E-state index in [0.717, 1.165) is 21.8 Å². The van der Waals surface area contributed by atoms with Gasteiger partial charge in [-0.15, -0.1) is 0 Å². The van der Waals surface area contributed by atoms with Gasteiger partial charge in [-0.25, -0.2) is 14.8 Å². The van der Waals surface area contributed by atoms with E-state index in [1.165, 1.54) is 0 Å². The fourth-order valence-electron chi connectivity index (χ4n) is 1.59. The molecular formula is C12H8F3N3O2. The van der Waals surface area contributed by atoms with Crippen molar-refractivity contribution in [1.29, 1.82) is 0 Å². The Hall–Kier alpha value is -2.64. The lowest BCUT2D eigenvalue weighted by Crippen LogP contribution is -2.21. The number of hydrogen-bond donors (Lipinski definition) is 2. The SMILES string of the molecule is O=C(O)C(F)(F)F.c1ncc2ccc3[nH]ccc3c2n1. The highest BCUT2D eigenvalue weighted by molar-refractivity contribution is 6.03. The zero-order chi connectivity index (χ0) is 14.8. The summed E-state index contributed by atoms with van der Waals surface area (Å²) in [7, 11) is 0. The number of fused-ring (bicyclic) bond motifs is 3. The number of H-pyrrole nitrogens is 1. The number of nitrogens with zero attached hydrogens (tertiary/aromatic N) is 2. The number of carbonyl (C=O) groups is 1. The van der Waals surface area contributed by atoms with Crippen LogP contribution in [0.25, 0.3) is 21.8 Å². The molecule has 0 spiro atoms. The smallest absolute Gasteiger partial charge is 0.475 e. The summed E-state index contributed by atoms with van der Waals surface area (Å²) in [5.41, 5.74) is 2.12. The van der Waals surface area contributed by atoms with Gasteiger partial charge in [0.15, 0.2) is 0 Å². The molecule has 5 nitrogen and oxygen atoms in total. The summed E-state index contributed by atoms with van der Waals surface area (Å²) < 4.78 is 31.7. The zero-order valence-electron chi connectivity index (χ0n) is 9.85. The lowest BCUT2D eigenvalue weighted by Gasteiger charge is -1.96. The van der Waals surface area contributed by atoms with E-state index in [-0.39, 0.29) is 0 Å². The Bertz CT molecular complexity index is 752. The fourth-order valence-corrected chi connectivity index (χ4v) is 1.59. The van der Waals surface area contributed by atoms with Gasteiger partial charge in [0, 0.05) is 28.7 Å². The van der Waals surface area contributed by atoms with E-state index in [2.05, 4.69) is 15.0 Å². The summed E-state index contributed by atoms with van der Waals surface area (Å²) >= 11 is 0. The van der Waals surface area contributed by atoms with Gasteiger partial charge in [-0.3, -0.25) is 0 Å². The average Bonchev–Trinajstić information content (AvgIpc) is 2.87. The van der Waals surface area contributed by atoms with Crippen molar-refractivity contribution in [3.05, 3.63) is 36.9 Å². The van der Waals surface area contributed by atoms with Crippen molar-refractivity contribution in [2.24, 2.45) is 0 Å². The third kappa shape index (κ3) is 2.85. The van der Waals surface area contributed by atoms with Crippen LogP contribution in [-0.2, 0) is 4.79 Å². The van der Waals surface area contributed by atoms with Gasteiger partial charge < -0.3 is 10.1 Å². The summed E-state index contributed by atoms with van der Waals surface area (Å²) in [5.74, 6) is -2.76.